The van der Waals surface area contributed by atoms with Gasteiger partial charge in [-0.2, -0.15) is 0 Å². The molecule has 1 aliphatic carbocycles. The van der Waals surface area contributed by atoms with Crippen LogP contribution in [-0.2, 0) is 9.59 Å². The third-order valence-corrected chi connectivity index (χ3v) is 3.46. The summed E-state index contributed by atoms with van der Waals surface area (Å²) in [6.45, 7) is 3.76. The van der Waals surface area contributed by atoms with E-state index in [4.69, 9.17) is 0 Å². The number of hydrogen-bond donors (Lipinski definition) is 0. The molecule has 15 heavy (non-hydrogen) atoms. The molecule has 0 amide bonds. The summed E-state index contributed by atoms with van der Waals surface area (Å²) in [5.74, 6) is 0.958. The zero-order valence-corrected chi connectivity index (χ0v) is 9.92. The van der Waals surface area contributed by atoms with Crippen molar-refractivity contribution in [2.24, 2.45) is 11.8 Å². The standard InChI is InChI=1S/C13H22O2/c1-3-6-11(10(2)14)9-12-7-4-5-8-13(12)15/h11-12H,3-9H2,1-2H3. The van der Waals surface area contributed by atoms with Crippen molar-refractivity contribution in [2.75, 3.05) is 0 Å². The first-order valence-electron chi connectivity index (χ1n) is 6.18. The van der Waals surface area contributed by atoms with Crippen LogP contribution in [0.1, 0.15) is 58.8 Å². The van der Waals surface area contributed by atoms with Crippen LogP contribution in [0.3, 0.4) is 0 Å². The molecule has 0 bridgehead atoms. The van der Waals surface area contributed by atoms with E-state index in [9.17, 15) is 9.59 Å². The Bertz CT molecular complexity index is 231. The maximum atomic E-state index is 11.6. The fourth-order valence-corrected chi connectivity index (χ4v) is 2.48. The smallest absolute Gasteiger partial charge is 0.135 e. The molecule has 1 aliphatic rings. The van der Waals surface area contributed by atoms with Crippen molar-refractivity contribution in [1.82, 2.24) is 0 Å². The molecule has 2 atom stereocenters. The van der Waals surface area contributed by atoms with E-state index >= 15 is 0 Å². The summed E-state index contributed by atoms with van der Waals surface area (Å²) in [4.78, 5) is 23.0. The average molecular weight is 210 g/mol. The van der Waals surface area contributed by atoms with Crippen LogP contribution in [-0.4, -0.2) is 11.6 Å². The van der Waals surface area contributed by atoms with Crippen molar-refractivity contribution < 1.29 is 9.59 Å². The minimum atomic E-state index is 0.127. The van der Waals surface area contributed by atoms with E-state index in [1.807, 2.05) is 0 Å². The Morgan fingerprint density at radius 3 is 2.73 bits per heavy atom. The van der Waals surface area contributed by atoms with Gasteiger partial charge in [-0.1, -0.05) is 19.8 Å². The first-order valence-corrected chi connectivity index (χ1v) is 6.18. The highest BCUT2D eigenvalue weighted by Gasteiger charge is 2.26. The molecule has 0 radical (unpaired) electrons. The predicted octanol–water partition coefficient (Wildman–Crippen LogP) is 3.14. The quantitative estimate of drug-likeness (QED) is 0.698. The summed E-state index contributed by atoms with van der Waals surface area (Å²) in [6, 6.07) is 0. The summed E-state index contributed by atoms with van der Waals surface area (Å²) < 4.78 is 0. The van der Waals surface area contributed by atoms with Gasteiger partial charge in [-0.3, -0.25) is 9.59 Å². The largest absolute Gasteiger partial charge is 0.300 e. The van der Waals surface area contributed by atoms with Crippen LogP contribution in [0.5, 0.6) is 0 Å². The summed E-state index contributed by atoms with van der Waals surface area (Å²) >= 11 is 0. The Morgan fingerprint density at radius 1 is 1.47 bits per heavy atom. The molecule has 0 heterocycles. The molecule has 0 saturated heterocycles. The lowest BCUT2D eigenvalue weighted by molar-refractivity contribution is -0.126. The van der Waals surface area contributed by atoms with E-state index in [1.54, 1.807) is 6.92 Å². The minimum absolute atomic E-state index is 0.127. The second-order valence-electron chi connectivity index (χ2n) is 4.74. The number of carbonyl (C=O) groups excluding carboxylic acids is 2. The highest BCUT2D eigenvalue weighted by Crippen LogP contribution is 2.28. The van der Waals surface area contributed by atoms with Gasteiger partial charge < -0.3 is 0 Å². The van der Waals surface area contributed by atoms with E-state index in [2.05, 4.69) is 6.92 Å². The van der Waals surface area contributed by atoms with Crippen LogP contribution in [0.25, 0.3) is 0 Å². The molecular weight excluding hydrogens is 188 g/mol. The van der Waals surface area contributed by atoms with Gasteiger partial charge in [0.25, 0.3) is 0 Å². The fraction of sp³-hybridized carbons (Fsp3) is 0.846. The molecule has 0 spiro atoms. The van der Waals surface area contributed by atoms with Gasteiger partial charge in [0.1, 0.15) is 11.6 Å². The molecule has 0 aromatic carbocycles. The zero-order chi connectivity index (χ0) is 11.3. The van der Waals surface area contributed by atoms with E-state index < -0.39 is 0 Å². The Labute approximate surface area is 92.4 Å². The Morgan fingerprint density at radius 2 is 2.20 bits per heavy atom. The first kappa shape index (κ1) is 12.4. The highest BCUT2D eigenvalue weighted by molar-refractivity contribution is 5.83. The first-order chi connectivity index (χ1) is 7.15. The summed E-state index contributed by atoms with van der Waals surface area (Å²) in [5.41, 5.74) is 0. The van der Waals surface area contributed by atoms with Crippen LogP contribution in [0, 0.1) is 11.8 Å². The van der Waals surface area contributed by atoms with Gasteiger partial charge in [-0.15, -0.1) is 0 Å². The Balaban J connectivity index is 2.48. The van der Waals surface area contributed by atoms with Crippen molar-refractivity contribution in [3.63, 3.8) is 0 Å². The van der Waals surface area contributed by atoms with Gasteiger partial charge in [0.2, 0.25) is 0 Å². The van der Waals surface area contributed by atoms with Crippen molar-refractivity contribution >= 4 is 11.6 Å². The van der Waals surface area contributed by atoms with Gasteiger partial charge in [-0.25, -0.2) is 0 Å². The molecule has 1 rings (SSSR count). The van der Waals surface area contributed by atoms with E-state index in [0.717, 1.165) is 44.9 Å². The predicted molar refractivity (Wildman–Crippen MR) is 60.7 cm³/mol. The lowest BCUT2D eigenvalue weighted by Crippen LogP contribution is -2.24. The van der Waals surface area contributed by atoms with Gasteiger partial charge in [0, 0.05) is 18.3 Å². The molecular formula is C13H22O2. The normalized spacial score (nSPS) is 23.9. The lowest BCUT2D eigenvalue weighted by Gasteiger charge is -2.24. The molecule has 0 aromatic heterocycles. The van der Waals surface area contributed by atoms with Crippen LogP contribution in [0.4, 0.5) is 0 Å². The van der Waals surface area contributed by atoms with Crippen molar-refractivity contribution in [1.29, 1.82) is 0 Å². The SMILES string of the molecule is CCCC(CC1CCCCC1=O)C(C)=O. The number of rotatable bonds is 5. The lowest BCUT2D eigenvalue weighted by atomic mass is 9.79. The van der Waals surface area contributed by atoms with E-state index in [1.165, 1.54) is 0 Å². The summed E-state index contributed by atoms with van der Waals surface area (Å²) in [6.07, 6.45) is 6.74. The fourth-order valence-electron chi connectivity index (χ4n) is 2.48. The molecule has 1 fully saturated rings. The van der Waals surface area contributed by atoms with Gasteiger partial charge in [0.05, 0.1) is 0 Å². The third-order valence-electron chi connectivity index (χ3n) is 3.46. The van der Waals surface area contributed by atoms with Crippen LogP contribution in [0.15, 0.2) is 0 Å². The van der Waals surface area contributed by atoms with Gasteiger partial charge >= 0.3 is 0 Å². The maximum Gasteiger partial charge on any atom is 0.135 e. The minimum Gasteiger partial charge on any atom is -0.300 e. The molecule has 2 nitrogen and oxygen atoms in total. The molecule has 0 aliphatic heterocycles. The number of Topliss-reactive ketones (excluding diaryl/α,β-unsaturated/α-hetero) is 2. The molecule has 0 aromatic rings. The Kier molecular flexibility index (Phi) is 5.00. The monoisotopic (exact) mass is 210 g/mol. The molecule has 1 saturated carbocycles. The van der Waals surface area contributed by atoms with Crippen LogP contribution < -0.4 is 0 Å². The number of ketones is 2. The van der Waals surface area contributed by atoms with E-state index in [0.29, 0.717) is 5.78 Å². The summed E-state index contributed by atoms with van der Waals surface area (Å²) in [7, 11) is 0. The van der Waals surface area contributed by atoms with Gasteiger partial charge in [-0.05, 0) is 32.6 Å². The average Bonchev–Trinajstić information content (AvgIpc) is 2.20. The number of hydrogen-bond acceptors (Lipinski definition) is 2. The topological polar surface area (TPSA) is 34.1 Å². The number of carbonyl (C=O) groups is 2. The third kappa shape index (κ3) is 3.77. The zero-order valence-electron chi connectivity index (χ0n) is 9.92. The highest BCUT2D eigenvalue weighted by atomic mass is 16.1. The van der Waals surface area contributed by atoms with E-state index in [-0.39, 0.29) is 17.6 Å². The second kappa shape index (κ2) is 6.04. The molecule has 0 N–H and O–H groups in total. The van der Waals surface area contributed by atoms with Crippen molar-refractivity contribution in [2.45, 2.75) is 58.8 Å². The van der Waals surface area contributed by atoms with Gasteiger partial charge in [0.15, 0.2) is 0 Å². The van der Waals surface area contributed by atoms with Crippen LogP contribution in [0.2, 0.25) is 0 Å². The molecule has 2 unspecified atom stereocenters. The Hall–Kier alpha value is -0.660. The summed E-state index contributed by atoms with van der Waals surface area (Å²) in [5, 5.41) is 0. The van der Waals surface area contributed by atoms with Crippen LogP contribution >= 0.6 is 0 Å². The van der Waals surface area contributed by atoms with Crippen molar-refractivity contribution in [3.8, 4) is 0 Å². The molecule has 2 heteroatoms. The van der Waals surface area contributed by atoms with Crippen molar-refractivity contribution in [3.05, 3.63) is 0 Å². The molecule has 86 valence electrons. The maximum absolute atomic E-state index is 11.6. The second-order valence-corrected chi connectivity index (χ2v) is 4.74.